The Labute approximate surface area is 134 Å². The van der Waals surface area contributed by atoms with E-state index in [4.69, 9.17) is 4.42 Å². The summed E-state index contributed by atoms with van der Waals surface area (Å²) in [5.74, 6) is 0.371. The molecule has 1 fully saturated rings. The Kier molecular flexibility index (Phi) is 3.75. The molecule has 0 unspecified atom stereocenters. The van der Waals surface area contributed by atoms with Gasteiger partial charge >= 0.3 is 0 Å². The van der Waals surface area contributed by atoms with Crippen LogP contribution in [0.3, 0.4) is 0 Å². The quantitative estimate of drug-likeness (QED) is 0.525. The first-order valence-electron chi connectivity index (χ1n) is 6.54. The summed E-state index contributed by atoms with van der Waals surface area (Å²) >= 11 is 0.795. The number of nitrogens with one attached hydrogen (secondary N) is 1. The molecule has 0 saturated carbocycles. The minimum absolute atomic E-state index is 0.0294. The van der Waals surface area contributed by atoms with E-state index in [2.05, 4.69) is 5.32 Å². The molecule has 1 aromatic heterocycles. The van der Waals surface area contributed by atoms with E-state index in [-0.39, 0.29) is 10.6 Å². The summed E-state index contributed by atoms with van der Waals surface area (Å²) in [5.41, 5.74) is 1.40. The van der Waals surface area contributed by atoms with Crippen molar-refractivity contribution in [3.8, 4) is 11.3 Å². The largest absolute Gasteiger partial charge is 0.457 e. The third-order valence-electron chi connectivity index (χ3n) is 3.24. The fourth-order valence-electron chi connectivity index (χ4n) is 2.11. The van der Waals surface area contributed by atoms with Crippen molar-refractivity contribution < 1.29 is 18.9 Å². The number of hydrogen-bond donors (Lipinski definition) is 1. The molecule has 1 aliphatic heterocycles. The standard InChI is InChI=1S/C15H10N2O5S/c1-8-2-3-9(17(20)21)6-11(8)12-5-4-10(22-12)7-13-14(18)16-15(19)23-13/h2-7H,1H3,(H,16,18,19)/b13-7-. The second-order valence-corrected chi connectivity index (χ2v) is 5.83. The number of carbonyl (C=O) groups excluding carboxylic acids is 2. The number of non-ortho nitro benzene ring substituents is 1. The molecule has 8 heteroatoms. The van der Waals surface area contributed by atoms with Crippen LogP contribution in [0.15, 0.2) is 39.7 Å². The normalized spacial score (nSPS) is 16.0. The van der Waals surface area contributed by atoms with Crippen molar-refractivity contribution in [2.75, 3.05) is 0 Å². The summed E-state index contributed by atoms with van der Waals surface area (Å²) in [5, 5.41) is 12.6. The van der Waals surface area contributed by atoms with Crippen LogP contribution in [0, 0.1) is 17.0 Å². The van der Waals surface area contributed by atoms with Gasteiger partial charge in [-0.1, -0.05) is 6.07 Å². The van der Waals surface area contributed by atoms with Gasteiger partial charge in [0.05, 0.1) is 9.83 Å². The van der Waals surface area contributed by atoms with E-state index in [0.29, 0.717) is 17.1 Å². The maximum Gasteiger partial charge on any atom is 0.290 e. The molecule has 1 aliphatic rings. The average Bonchev–Trinajstić information content (AvgIpc) is 3.06. The summed E-state index contributed by atoms with van der Waals surface area (Å²) in [6, 6.07) is 7.81. The number of imide groups is 1. The van der Waals surface area contributed by atoms with E-state index in [9.17, 15) is 19.7 Å². The van der Waals surface area contributed by atoms with Crippen molar-refractivity contribution in [3.63, 3.8) is 0 Å². The number of nitro benzene ring substituents is 1. The Bertz CT molecular complexity index is 869. The van der Waals surface area contributed by atoms with Gasteiger partial charge in [0.25, 0.3) is 16.8 Å². The number of nitrogens with zero attached hydrogens (tertiary/aromatic N) is 1. The van der Waals surface area contributed by atoms with Crippen LogP contribution in [0.1, 0.15) is 11.3 Å². The van der Waals surface area contributed by atoms with Crippen LogP contribution in [0.5, 0.6) is 0 Å². The number of hydrogen-bond acceptors (Lipinski definition) is 6. The molecular formula is C15H10N2O5S. The molecule has 0 aliphatic carbocycles. The number of amides is 2. The molecule has 0 radical (unpaired) electrons. The zero-order valence-electron chi connectivity index (χ0n) is 11.9. The zero-order valence-corrected chi connectivity index (χ0v) is 12.7. The lowest BCUT2D eigenvalue weighted by Gasteiger charge is -2.02. The Morgan fingerprint density at radius 3 is 2.70 bits per heavy atom. The lowest BCUT2D eigenvalue weighted by atomic mass is 10.1. The van der Waals surface area contributed by atoms with Gasteiger partial charge in [-0.15, -0.1) is 0 Å². The highest BCUT2D eigenvalue weighted by Crippen LogP contribution is 2.31. The summed E-state index contributed by atoms with van der Waals surface area (Å²) in [4.78, 5) is 33.3. The Hall–Kier alpha value is -2.87. The van der Waals surface area contributed by atoms with Gasteiger partial charge in [0, 0.05) is 23.8 Å². The first-order chi connectivity index (χ1) is 10.9. The monoisotopic (exact) mass is 330 g/mol. The van der Waals surface area contributed by atoms with Gasteiger partial charge in [-0.25, -0.2) is 0 Å². The molecule has 0 bridgehead atoms. The average molecular weight is 330 g/mol. The van der Waals surface area contributed by atoms with E-state index in [0.717, 1.165) is 17.3 Å². The Balaban J connectivity index is 1.95. The van der Waals surface area contributed by atoms with Crippen molar-refractivity contribution in [1.82, 2.24) is 5.32 Å². The van der Waals surface area contributed by atoms with E-state index in [1.165, 1.54) is 18.2 Å². The third-order valence-corrected chi connectivity index (χ3v) is 4.05. The maximum atomic E-state index is 11.5. The van der Waals surface area contributed by atoms with Gasteiger partial charge in [0.1, 0.15) is 11.5 Å². The second-order valence-electron chi connectivity index (χ2n) is 4.81. The van der Waals surface area contributed by atoms with Gasteiger partial charge in [0.2, 0.25) is 0 Å². The van der Waals surface area contributed by atoms with Crippen LogP contribution in [0.2, 0.25) is 0 Å². The van der Waals surface area contributed by atoms with Crippen LogP contribution in [0.25, 0.3) is 17.4 Å². The molecule has 2 amide bonds. The van der Waals surface area contributed by atoms with Crippen molar-refractivity contribution in [3.05, 3.63) is 56.7 Å². The van der Waals surface area contributed by atoms with Crippen molar-refractivity contribution in [2.45, 2.75) is 6.92 Å². The SMILES string of the molecule is Cc1ccc([N+](=O)[O-])cc1-c1ccc(/C=C2\SC(=O)NC2=O)o1. The van der Waals surface area contributed by atoms with E-state index >= 15 is 0 Å². The molecular weight excluding hydrogens is 320 g/mol. The van der Waals surface area contributed by atoms with Crippen LogP contribution < -0.4 is 5.32 Å². The molecule has 0 spiro atoms. The molecule has 1 aromatic carbocycles. The van der Waals surface area contributed by atoms with Crippen molar-refractivity contribution >= 4 is 34.7 Å². The molecule has 116 valence electrons. The topological polar surface area (TPSA) is 102 Å². The fourth-order valence-corrected chi connectivity index (χ4v) is 2.78. The zero-order chi connectivity index (χ0) is 16.6. The summed E-state index contributed by atoms with van der Waals surface area (Å²) < 4.78 is 5.63. The maximum absolute atomic E-state index is 11.5. The third kappa shape index (κ3) is 3.02. The van der Waals surface area contributed by atoms with Gasteiger partial charge in [-0.05, 0) is 36.4 Å². The van der Waals surface area contributed by atoms with Crippen LogP contribution in [-0.2, 0) is 4.79 Å². The van der Waals surface area contributed by atoms with Gasteiger partial charge in [-0.3, -0.25) is 25.0 Å². The molecule has 2 heterocycles. The molecule has 0 atom stereocenters. The van der Waals surface area contributed by atoms with E-state index in [1.54, 1.807) is 18.2 Å². The number of benzene rings is 1. The van der Waals surface area contributed by atoms with Crippen LogP contribution in [-0.4, -0.2) is 16.1 Å². The second kappa shape index (κ2) is 5.73. The highest BCUT2D eigenvalue weighted by atomic mass is 32.2. The molecule has 23 heavy (non-hydrogen) atoms. The summed E-state index contributed by atoms with van der Waals surface area (Å²) in [7, 11) is 0. The minimum atomic E-state index is -0.472. The highest BCUT2D eigenvalue weighted by molar-refractivity contribution is 8.18. The Morgan fingerprint density at radius 2 is 2.04 bits per heavy atom. The number of thioether (sulfide) groups is 1. The molecule has 3 rings (SSSR count). The number of aryl methyl sites for hydroxylation is 1. The smallest absolute Gasteiger partial charge is 0.290 e. The van der Waals surface area contributed by atoms with Crippen molar-refractivity contribution in [1.29, 1.82) is 0 Å². The van der Waals surface area contributed by atoms with Crippen molar-refractivity contribution in [2.24, 2.45) is 0 Å². The van der Waals surface area contributed by atoms with E-state index in [1.807, 2.05) is 6.92 Å². The fraction of sp³-hybridized carbons (Fsp3) is 0.0667. The first kappa shape index (κ1) is 15.0. The van der Waals surface area contributed by atoms with Gasteiger partial charge < -0.3 is 4.42 Å². The predicted molar refractivity (Wildman–Crippen MR) is 84.6 cm³/mol. The molecule has 1 saturated heterocycles. The number of nitro groups is 1. The number of furan rings is 1. The van der Waals surface area contributed by atoms with Crippen LogP contribution >= 0.6 is 11.8 Å². The van der Waals surface area contributed by atoms with Gasteiger partial charge in [0.15, 0.2) is 0 Å². The highest BCUT2D eigenvalue weighted by Gasteiger charge is 2.25. The first-order valence-corrected chi connectivity index (χ1v) is 7.36. The number of carbonyl (C=O) groups is 2. The summed E-state index contributed by atoms with van der Waals surface area (Å²) in [6.45, 7) is 1.82. The predicted octanol–water partition coefficient (Wildman–Crippen LogP) is 3.49. The molecule has 2 aromatic rings. The number of rotatable bonds is 3. The molecule has 7 nitrogen and oxygen atoms in total. The van der Waals surface area contributed by atoms with E-state index < -0.39 is 16.1 Å². The van der Waals surface area contributed by atoms with Gasteiger partial charge in [-0.2, -0.15) is 0 Å². The van der Waals surface area contributed by atoms with Crippen LogP contribution in [0.4, 0.5) is 10.5 Å². The molecule has 1 N–H and O–H groups in total. The minimum Gasteiger partial charge on any atom is -0.457 e. The Morgan fingerprint density at radius 1 is 1.26 bits per heavy atom. The summed E-state index contributed by atoms with van der Waals surface area (Å²) in [6.07, 6.45) is 1.46. The lowest BCUT2D eigenvalue weighted by Crippen LogP contribution is -2.17. The lowest BCUT2D eigenvalue weighted by molar-refractivity contribution is -0.384.